The van der Waals surface area contributed by atoms with Crippen molar-refractivity contribution >= 4 is 30.7 Å². The quantitative estimate of drug-likeness (QED) is 0.828. The summed E-state index contributed by atoms with van der Waals surface area (Å²) in [7, 11) is 2.12. The lowest BCUT2D eigenvalue weighted by molar-refractivity contribution is -0.128. The number of benzene rings is 1. The number of nitrogens with zero attached hydrogens (tertiary/aromatic N) is 2. The van der Waals surface area contributed by atoms with Crippen LogP contribution in [-0.4, -0.2) is 61.5 Å². The van der Waals surface area contributed by atoms with Crippen LogP contribution in [0.4, 0.5) is 0 Å². The molecule has 1 unspecified atom stereocenters. The van der Waals surface area contributed by atoms with Crippen molar-refractivity contribution in [2.24, 2.45) is 5.73 Å². The average Bonchev–Trinajstić information content (AvgIpc) is 2.50. The van der Waals surface area contributed by atoms with Crippen LogP contribution in [0, 0.1) is 0 Å². The maximum Gasteiger partial charge on any atom is 0.242 e. The molecule has 1 aromatic carbocycles. The molecule has 0 bridgehead atoms. The molecule has 0 aliphatic carbocycles. The number of rotatable bonds is 5. The second kappa shape index (κ2) is 10.8. The van der Waals surface area contributed by atoms with Gasteiger partial charge in [0.2, 0.25) is 5.91 Å². The summed E-state index contributed by atoms with van der Waals surface area (Å²) in [4.78, 5) is 17.2. The Morgan fingerprint density at radius 2 is 1.74 bits per heavy atom. The van der Waals surface area contributed by atoms with Gasteiger partial charge in [0.15, 0.2) is 0 Å². The lowest BCUT2D eigenvalue weighted by atomic mass is 10.0. The summed E-state index contributed by atoms with van der Waals surface area (Å²) in [6, 6.07) is 9.76. The van der Waals surface area contributed by atoms with Crippen molar-refractivity contribution in [1.82, 2.24) is 15.1 Å². The number of carbonyl (C=O) groups is 1. The van der Waals surface area contributed by atoms with Crippen molar-refractivity contribution in [3.63, 3.8) is 0 Å². The molecule has 1 aliphatic heterocycles. The van der Waals surface area contributed by atoms with Crippen LogP contribution in [0.1, 0.15) is 18.5 Å². The maximum absolute atomic E-state index is 12.7. The molecule has 5 nitrogen and oxygen atoms in total. The number of nitrogens with two attached hydrogens (primary N) is 1. The Labute approximate surface area is 151 Å². The summed E-state index contributed by atoms with van der Waals surface area (Å²) >= 11 is 0. The standard InChI is InChI=1S/C16H26N4O.2ClH/c1-13(12-17)18-16(21)15(14-6-4-3-5-7-14)20-10-8-19(2)9-11-20;;/h3-7,13,15H,8-12,17H2,1-2H3,(H,18,21);2*1H/t13-,15?;;/m0../s1. The molecule has 0 spiro atoms. The topological polar surface area (TPSA) is 61.6 Å². The first kappa shape index (κ1) is 22.1. The van der Waals surface area contributed by atoms with E-state index >= 15 is 0 Å². The number of amides is 1. The molecule has 132 valence electrons. The molecular weight excluding hydrogens is 335 g/mol. The minimum absolute atomic E-state index is 0. The summed E-state index contributed by atoms with van der Waals surface area (Å²) < 4.78 is 0. The van der Waals surface area contributed by atoms with Gasteiger partial charge in [-0.3, -0.25) is 9.69 Å². The Morgan fingerprint density at radius 3 is 2.26 bits per heavy atom. The first-order valence-electron chi connectivity index (χ1n) is 7.60. The van der Waals surface area contributed by atoms with Crippen molar-refractivity contribution in [2.45, 2.75) is 19.0 Å². The second-order valence-electron chi connectivity index (χ2n) is 5.80. The van der Waals surface area contributed by atoms with E-state index in [0.717, 1.165) is 31.7 Å². The Morgan fingerprint density at radius 1 is 1.17 bits per heavy atom. The fourth-order valence-electron chi connectivity index (χ4n) is 2.62. The average molecular weight is 363 g/mol. The number of hydrogen-bond acceptors (Lipinski definition) is 4. The van der Waals surface area contributed by atoms with Crippen LogP contribution < -0.4 is 11.1 Å². The van der Waals surface area contributed by atoms with Gasteiger partial charge >= 0.3 is 0 Å². The molecule has 3 N–H and O–H groups in total. The highest BCUT2D eigenvalue weighted by molar-refractivity contribution is 5.85. The zero-order valence-electron chi connectivity index (χ0n) is 13.8. The van der Waals surface area contributed by atoms with Gasteiger partial charge in [0.1, 0.15) is 6.04 Å². The summed E-state index contributed by atoms with van der Waals surface area (Å²) in [6.07, 6.45) is 0. The highest BCUT2D eigenvalue weighted by atomic mass is 35.5. The van der Waals surface area contributed by atoms with Gasteiger partial charge in [-0.1, -0.05) is 30.3 Å². The summed E-state index contributed by atoms with van der Waals surface area (Å²) in [5.74, 6) is 0.0451. The van der Waals surface area contributed by atoms with E-state index in [1.165, 1.54) is 0 Å². The number of halogens is 2. The van der Waals surface area contributed by atoms with Crippen molar-refractivity contribution in [3.05, 3.63) is 35.9 Å². The zero-order chi connectivity index (χ0) is 15.2. The van der Waals surface area contributed by atoms with Crippen molar-refractivity contribution < 1.29 is 4.79 Å². The third-order valence-corrected chi connectivity index (χ3v) is 4.01. The molecule has 0 saturated carbocycles. The van der Waals surface area contributed by atoms with Gasteiger partial charge < -0.3 is 16.0 Å². The predicted octanol–water partition coefficient (Wildman–Crippen LogP) is 1.28. The fourth-order valence-corrected chi connectivity index (χ4v) is 2.62. The summed E-state index contributed by atoms with van der Waals surface area (Å²) in [5, 5.41) is 3.02. The SMILES string of the molecule is C[C@@H](CN)NC(=O)C(c1ccccc1)N1CCN(C)CC1.Cl.Cl. The molecule has 2 rings (SSSR count). The van der Waals surface area contributed by atoms with E-state index in [-0.39, 0.29) is 42.8 Å². The third-order valence-electron chi connectivity index (χ3n) is 4.01. The molecule has 7 heteroatoms. The van der Waals surface area contributed by atoms with Gasteiger partial charge in [0, 0.05) is 38.8 Å². The van der Waals surface area contributed by atoms with Crippen LogP contribution in [0.3, 0.4) is 0 Å². The van der Waals surface area contributed by atoms with Crippen molar-refractivity contribution in [1.29, 1.82) is 0 Å². The summed E-state index contributed by atoms with van der Waals surface area (Å²) in [5.41, 5.74) is 6.67. The van der Waals surface area contributed by atoms with Crippen LogP contribution in [0.15, 0.2) is 30.3 Å². The van der Waals surface area contributed by atoms with Gasteiger partial charge in [-0.15, -0.1) is 24.8 Å². The monoisotopic (exact) mass is 362 g/mol. The number of hydrogen-bond donors (Lipinski definition) is 2. The van der Waals surface area contributed by atoms with Crippen LogP contribution >= 0.6 is 24.8 Å². The number of carbonyl (C=O) groups excluding carboxylic acids is 1. The number of likely N-dealkylation sites (N-methyl/N-ethyl adjacent to an activating group) is 1. The van der Waals surface area contributed by atoms with E-state index in [0.29, 0.717) is 6.54 Å². The highest BCUT2D eigenvalue weighted by Gasteiger charge is 2.30. The molecule has 1 saturated heterocycles. The summed E-state index contributed by atoms with van der Waals surface area (Å²) in [6.45, 7) is 6.17. The smallest absolute Gasteiger partial charge is 0.242 e. The fraction of sp³-hybridized carbons (Fsp3) is 0.562. The molecular formula is C16H28Cl2N4O. The maximum atomic E-state index is 12.7. The van der Waals surface area contributed by atoms with Crippen molar-refractivity contribution in [2.75, 3.05) is 39.8 Å². The molecule has 2 atom stereocenters. The number of nitrogens with one attached hydrogen (secondary N) is 1. The zero-order valence-corrected chi connectivity index (χ0v) is 15.4. The van der Waals surface area contributed by atoms with Gasteiger partial charge in [0.25, 0.3) is 0 Å². The Bertz CT molecular complexity index is 453. The molecule has 23 heavy (non-hydrogen) atoms. The van der Waals surface area contributed by atoms with Gasteiger partial charge in [-0.2, -0.15) is 0 Å². The largest absolute Gasteiger partial charge is 0.351 e. The van der Waals surface area contributed by atoms with E-state index in [4.69, 9.17) is 5.73 Å². The first-order chi connectivity index (χ1) is 10.1. The Hall–Kier alpha value is -0.850. The molecule has 1 heterocycles. The predicted molar refractivity (Wildman–Crippen MR) is 99.4 cm³/mol. The van der Waals surface area contributed by atoms with Crippen LogP contribution in [0.25, 0.3) is 0 Å². The minimum atomic E-state index is -0.228. The highest BCUT2D eigenvalue weighted by Crippen LogP contribution is 2.22. The second-order valence-corrected chi connectivity index (χ2v) is 5.80. The first-order valence-corrected chi connectivity index (χ1v) is 7.60. The lowest BCUT2D eigenvalue weighted by Gasteiger charge is -2.37. The van der Waals surface area contributed by atoms with E-state index in [2.05, 4.69) is 22.2 Å². The van der Waals surface area contributed by atoms with Crippen LogP contribution in [0.2, 0.25) is 0 Å². The van der Waals surface area contributed by atoms with E-state index in [1.54, 1.807) is 0 Å². The molecule has 1 aromatic rings. The minimum Gasteiger partial charge on any atom is -0.351 e. The van der Waals surface area contributed by atoms with Crippen LogP contribution in [0.5, 0.6) is 0 Å². The Balaban J connectivity index is 0.00000242. The normalized spacial score (nSPS) is 18.2. The molecule has 1 aliphatic rings. The molecule has 0 radical (unpaired) electrons. The van der Waals surface area contributed by atoms with E-state index < -0.39 is 0 Å². The Kier molecular flexibility index (Phi) is 10.4. The van der Waals surface area contributed by atoms with E-state index in [1.807, 2.05) is 37.3 Å². The number of piperazine rings is 1. The molecule has 1 fully saturated rings. The molecule has 1 amide bonds. The van der Waals surface area contributed by atoms with Gasteiger partial charge in [-0.05, 0) is 19.5 Å². The lowest BCUT2D eigenvalue weighted by Crippen LogP contribution is -2.51. The third kappa shape index (κ3) is 6.28. The van der Waals surface area contributed by atoms with Crippen LogP contribution in [-0.2, 0) is 4.79 Å². The van der Waals surface area contributed by atoms with E-state index in [9.17, 15) is 4.79 Å². The van der Waals surface area contributed by atoms with Gasteiger partial charge in [0.05, 0.1) is 0 Å². The van der Waals surface area contributed by atoms with Gasteiger partial charge in [-0.25, -0.2) is 0 Å². The molecule has 0 aromatic heterocycles. The van der Waals surface area contributed by atoms with Crippen molar-refractivity contribution in [3.8, 4) is 0 Å².